The monoisotopic (exact) mass is 282 g/mol. The fourth-order valence-electron chi connectivity index (χ4n) is 1.13. The van der Waals surface area contributed by atoms with E-state index in [9.17, 15) is 39.5 Å². The molecular formula is C8HF9N. The molecule has 0 aliphatic rings. The Morgan fingerprint density at radius 1 is 0.778 bits per heavy atom. The summed E-state index contributed by atoms with van der Waals surface area (Å²) in [5, 5.41) is 0. The zero-order chi connectivity index (χ0) is 14.4. The van der Waals surface area contributed by atoms with Crippen molar-refractivity contribution in [3.05, 3.63) is 29.1 Å². The lowest BCUT2D eigenvalue weighted by Gasteiger charge is -2.19. The van der Waals surface area contributed by atoms with Gasteiger partial charge in [-0.05, 0) is 0 Å². The Morgan fingerprint density at radius 2 is 1.28 bits per heavy atom. The highest BCUT2D eigenvalue weighted by Gasteiger charge is 2.50. The van der Waals surface area contributed by atoms with Gasteiger partial charge >= 0.3 is 18.5 Å². The topological polar surface area (TPSA) is 12.9 Å². The predicted molar refractivity (Wildman–Crippen MR) is 38.1 cm³/mol. The third-order valence-corrected chi connectivity index (χ3v) is 1.76. The van der Waals surface area contributed by atoms with E-state index in [1.807, 2.05) is 0 Å². The van der Waals surface area contributed by atoms with Gasteiger partial charge in [0.05, 0.1) is 16.7 Å². The number of nitrogens with zero attached hydrogens (tertiary/aromatic N) is 1. The summed E-state index contributed by atoms with van der Waals surface area (Å²) in [5.41, 5.74) is -7.93. The van der Waals surface area contributed by atoms with Gasteiger partial charge in [-0.15, -0.1) is 0 Å². The van der Waals surface area contributed by atoms with E-state index < -0.39 is 35.2 Å². The normalized spacial score (nSPS) is 13.8. The first-order chi connectivity index (χ1) is 7.85. The minimum Gasteiger partial charge on any atom is -0.253 e. The molecule has 0 saturated carbocycles. The van der Waals surface area contributed by atoms with Gasteiger partial charge in [-0.25, -0.2) is 0 Å². The van der Waals surface area contributed by atoms with Crippen LogP contribution in [-0.4, -0.2) is 4.98 Å². The zero-order valence-electron chi connectivity index (χ0n) is 7.93. The molecule has 1 aromatic heterocycles. The first-order valence-electron chi connectivity index (χ1n) is 3.97. The Balaban J connectivity index is 3.68. The van der Waals surface area contributed by atoms with E-state index >= 15 is 0 Å². The van der Waals surface area contributed by atoms with Crippen molar-refractivity contribution in [3.8, 4) is 0 Å². The third-order valence-electron chi connectivity index (χ3n) is 1.76. The Hall–Kier alpha value is -1.48. The highest BCUT2D eigenvalue weighted by Crippen LogP contribution is 2.45. The molecule has 0 amide bonds. The molecule has 0 aliphatic heterocycles. The molecule has 1 aromatic rings. The number of hydrogen-bond donors (Lipinski definition) is 0. The van der Waals surface area contributed by atoms with Gasteiger partial charge in [0.1, 0.15) is 6.20 Å². The lowest BCUT2D eigenvalue weighted by atomic mass is 10.0. The number of hydrogen-bond acceptors (Lipinski definition) is 1. The summed E-state index contributed by atoms with van der Waals surface area (Å²) in [7, 11) is 0. The molecule has 0 fully saturated rings. The standard InChI is InChI=1S/C8HF9N/c9-6(10,11)3-1-18-2-4(7(12,13)14)5(3)8(15,16)17/h1H. The van der Waals surface area contributed by atoms with Gasteiger partial charge in [0.2, 0.25) is 0 Å². The van der Waals surface area contributed by atoms with E-state index in [1.165, 1.54) is 0 Å². The largest absolute Gasteiger partial charge is 0.419 e. The lowest BCUT2D eigenvalue weighted by molar-refractivity contribution is -0.175. The van der Waals surface area contributed by atoms with Gasteiger partial charge < -0.3 is 0 Å². The van der Waals surface area contributed by atoms with Crippen molar-refractivity contribution in [2.45, 2.75) is 18.5 Å². The SMILES string of the molecule is FC(F)(F)c1[c]ncc(C(F)(F)F)c1C(F)(F)F. The highest BCUT2D eigenvalue weighted by molar-refractivity contribution is 5.37. The summed E-state index contributed by atoms with van der Waals surface area (Å²) >= 11 is 0. The number of rotatable bonds is 0. The van der Waals surface area contributed by atoms with Gasteiger partial charge in [0, 0.05) is 6.20 Å². The second-order valence-electron chi connectivity index (χ2n) is 3.03. The molecule has 18 heavy (non-hydrogen) atoms. The molecule has 0 unspecified atom stereocenters. The van der Waals surface area contributed by atoms with Crippen LogP contribution >= 0.6 is 0 Å². The van der Waals surface area contributed by atoms with E-state index in [1.54, 1.807) is 0 Å². The first kappa shape index (κ1) is 14.6. The lowest BCUT2D eigenvalue weighted by Crippen LogP contribution is -2.23. The van der Waals surface area contributed by atoms with Gasteiger partial charge in [0.15, 0.2) is 0 Å². The Labute approximate surface area is 93.2 Å². The molecular weight excluding hydrogens is 281 g/mol. The van der Waals surface area contributed by atoms with Crippen LogP contribution in [0.1, 0.15) is 16.7 Å². The maximum Gasteiger partial charge on any atom is 0.419 e. The van der Waals surface area contributed by atoms with Gasteiger partial charge in [-0.1, -0.05) is 0 Å². The van der Waals surface area contributed by atoms with E-state index in [4.69, 9.17) is 0 Å². The van der Waals surface area contributed by atoms with Crippen LogP contribution in [0.2, 0.25) is 0 Å². The van der Waals surface area contributed by atoms with Crippen molar-refractivity contribution in [1.29, 1.82) is 0 Å². The average Bonchev–Trinajstić information content (AvgIpc) is 2.12. The van der Waals surface area contributed by atoms with Crippen LogP contribution in [-0.2, 0) is 18.5 Å². The molecule has 0 atom stereocenters. The maximum absolute atomic E-state index is 12.3. The summed E-state index contributed by atoms with van der Waals surface area (Å²) in [4.78, 5) is 2.43. The molecule has 0 aliphatic carbocycles. The van der Waals surface area contributed by atoms with Crippen LogP contribution in [0, 0.1) is 6.20 Å². The van der Waals surface area contributed by atoms with Crippen LogP contribution in [0.5, 0.6) is 0 Å². The quantitative estimate of drug-likeness (QED) is 0.657. The fourth-order valence-corrected chi connectivity index (χ4v) is 1.13. The fraction of sp³-hybridized carbons (Fsp3) is 0.375. The molecule has 0 aromatic carbocycles. The van der Waals surface area contributed by atoms with Crippen molar-refractivity contribution in [2.75, 3.05) is 0 Å². The summed E-state index contributed by atoms with van der Waals surface area (Å²) in [6, 6.07) is 0. The average molecular weight is 282 g/mol. The molecule has 0 spiro atoms. The Morgan fingerprint density at radius 3 is 1.61 bits per heavy atom. The van der Waals surface area contributed by atoms with E-state index in [0.29, 0.717) is 0 Å². The molecule has 0 bridgehead atoms. The van der Waals surface area contributed by atoms with Crippen molar-refractivity contribution in [2.24, 2.45) is 0 Å². The minimum atomic E-state index is -5.82. The van der Waals surface area contributed by atoms with Crippen molar-refractivity contribution in [3.63, 3.8) is 0 Å². The molecule has 1 rings (SSSR count). The zero-order valence-corrected chi connectivity index (χ0v) is 7.93. The van der Waals surface area contributed by atoms with Gasteiger partial charge in [0.25, 0.3) is 0 Å². The highest BCUT2D eigenvalue weighted by atomic mass is 19.4. The number of aromatic nitrogens is 1. The first-order valence-corrected chi connectivity index (χ1v) is 3.97. The second-order valence-corrected chi connectivity index (χ2v) is 3.03. The second kappa shape index (κ2) is 4.02. The summed E-state index contributed by atoms with van der Waals surface area (Å²) in [6.07, 6.45) is -16.5. The van der Waals surface area contributed by atoms with E-state index in [2.05, 4.69) is 4.98 Å². The van der Waals surface area contributed by atoms with E-state index in [-0.39, 0.29) is 6.20 Å². The number of alkyl halides is 9. The van der Waals surface area contributed by atoms with Crippen molar-refractivity contribution < 1.29 is 39.5 Å². The predicted octanol–water partition coefficient (Wildman–Crippen LogP) is 3.94. The van der Waals surface area contributed by atoms with Crippen LogP contribution in [0.3, 0.4) is 0 Å². The molecule has 101 valence electrons. The van der Waals surface area contributed by atoms with Gasteiger partial charge in [-0.2, -0.15) is 39.5 Å². The number of halogens is 9. The summed E-state index contributed by atoms with van der Waals surface area (Å²) in [5.74, 6) is 0. The molecule has 0 saturated heterocycles. The summed E-state index contributed by atoms with van der Waals surface area (Å²) in [6.45, 7) is 0. The van der Waals surface area contributed by atoms with Crippen molar-refractivity contribution >= 4 is 0 Å². The molecule has 0 N–H and O–H groups in total. The minimum absolute atomic E-state index is 0.349. The molecule has 1 nitrogen and oxygen atoms in total. The number of pyridine rings is 1. The maximum atomic E-state index is 12.3. The molecule has 1 heterocycles. The third kappa shape index (κ3) is 2.85. The van der Waals surface area contributed by atoms with E-state index in [0.717, 1.165) is 6.20 Å². The Bertz CT molecular complexity index is 407. The van der Waals surface area contributed by atoms with Crippen LogP contribution in [0.15, 0.2) is 6.20 Å². The van der Waals surface area contributed by atoms with Crippen LogP contribution in [0.25, 0.3) is 0 Å². The van der Waals surface area contributed by atoms with Gasteiger partial charge in [-0.3, -0.25) is 4.98 Å². The van der Waals surface area contributed by atoms with Crippen molar-refractivity contribution in [1.82, 2.24) is 4.98 Å². The Kier molecular flexibility index (Phi) is 3.26. The molecule has 10 heteroatoms. The van der Waals surface area contributed by atoms with Crippen LogP contribution < -0.4 is 0 Å². The summed E-state index contributed by atoms with van der Waals surface area (Å²) < 4.78 is 110. The molecule has 1 radical (unpaired) electrons. The van der Waals surface area contributed by atoms with Crippen LogP contribution in [0.4, 0.5) is 39.5 Å². The smallest absolute Gasteiger partial charge is 0.253 e.